The van der Waals surface area contributed by atoms with Crippen molar-refractivity contribution in [1.29, 1.82) is 0 Å². The van der Waals surface area contributed by atoms with Gasteiger partial charge in [0.15, 0.2) is 9.84 Å². The molecule has 0 aromatic heterocycles. The zero-order valence-corrected chi connectivity index (χ0v) is 12.0. The first-order valence-electron chi connectivity index (χ1n) is 5.04. The number of alkyl halides is 3. The van der Waals surface area contributed by atoms with Gasteiger partial charge < -0.3 is 10.5 Å². The summed E-state index contributed by atoms with van der Waals surface area (Å²) in [7, 11) is -3.72. The van der Waals surface area contributed by atoms with Gasteiger partial charge in [-0.3, -0.25) is 0 Å². The molecule has 0 fully saturated rings. The topological polar surface area (TPSA) is 69.4 Å². The van der Waals surface area contributed by atoms with Crippen LogP contribution in [0.3, 0.4) is 0 Å². The molecule has 0 aliphatic heterocycles. The van der Waals surface area contributed by atoms with Crippen LogP contribution in [0.1, 0.15) is 0 Å². The Kier molecular flexibility index (Phi) is 5.22. The van der Waals surface area contributed by atoms with Crippen LogP contribution < -0.4 is 5.73 Å². The molecule has 0 saturated carbocycles. The largest absolute Gasteiger partial charge is 0.411 e. The second kappa shape index (κ2) is 6.10. The fourth-order valence-electron chi connectivity index (χ4n) is 1.24. The van der Waals surface area contributed by atoms with Crippen molar-refractivity contribution < 1.29 is 26.3 Å². The van der Waals surface area contributed by atoms with E-state index in [1.54, 1.807) is 0 Å². The van der Waals surface area contributed by atoms with Crippen LogP contribution in [0.5, 0.6) is 0 Å². The van der Waals surface area contributed by atoms with Crippen LogP contribution in [-0.2, 0) is 14.6 Å². The van der Waals surface area contributed by atoms with E-state index in [4.69, 9.17) is 5.73 Å². The number of hydrogen-bond acceptors (Lipinski definition) is 4. The summed E-state index contributed by atoms with van der Waals surface area (Å²) >= 11 is 3.04. The highest BCUT2D eigenvalue weighted by molar-refractivity contribution is 9.10. The Morgan fingerprint density at radius 3 is 2.47 bits per heavy atom. The van der Waals surface area contributed by atoms with Gasteiger partial charge in [-0.05, 0) is 34.1 Å². The highest BCUT2D eigenvalue weighted by Gasteiger charge is 2.28. The minimum Gasteiger partial charge on any atom is -0.399 e. The van der Waals surface area contributed by atoms with Crippen molar-refractivity contribution in [2.75, 3.05) is 24.7 Å². The summed E-state index contributed by atoms with van der Waals surface area (Å²) in [5, 5.41) is 0. The highest BCUT2D eigenvalue weighted by Crippen LogP contribution is 2.25. The van der Waals surface area contributed by atoms with Gasteiger partial charge in [0, 0.05) is 10.2 Å². The second-order valence-corrected chi connectivity index (χ2v) is 6.61. The van der Waals surface area contributed by atoms with Crippen molar-refractivity contribution in [1.82, 2.24) is 0 Å². The molecule has 0 amide bonds. The molecule has 0 aliphatic carbocycles. The van der Waals surface area contributed by atoms with Crippen LogP contribution >= 0.6 is 15.9 Å². The number of benzene rings is 1. The normalized spacial score (nSPS) is 12.6. The third-order valence-corrected chi connectivity index (χ3v) is 4.70. The number of halogens is 4. The van der Waals surface area contributed by atoms with E-state index < -0.39 is 35.0 Å². The van der Waals surface area contributed by atoms with Gasteiger partial charge in [0.1, 0.15) is 6.61 Å². The molecule has 0 radical (unpaired) electrons. The molecular formula is C10H11BrF3NO3S. The van der Waals surface area contributed by atoms with E-state index >= 15 is 0 Å². The number of rotatable bonds is 5. The Hall–Kier alpha value is -0.800. The first-order chi connectivity index (χ1) is 8.62. The molecule has 1 aromatic carbocycles. The van der Waals surface area contributed by atoms with Crippen molar-refractivity contribution >= 4 is 31.5 Å². The zero-order chi connectivity index (χ0) is 14.7. The SMILES string of the molecule is Nc1ccc(S(=O)(=O)CCOCC(F)(F)F)c(Br)c1. The quantitative estimate of drug-likeness (QED) is 0.645. The minimum atomic E-state index is -4.47. The smallest absolute Gasteiger partial charge is 0.399 e. The Morgan fingerprint density at radius 1 is 1.32 bits per heavy atom. The molecule has 0 saturated heterocycles. The van der Waals surface area contributed by atoms with Crippen LogP contribution in [0.4, 0.5) is 18.9 Å². The molecule has 0 heterocycles. The summed E-state index contributed by atoms with van der Waals surface area (Å²) in [5.74, 6) is -0.536. The maximum absolute atomic E-state index is 11.9. The molecule has 1 aromatic rings. The lowest BCUT2D eigenvalue weighted by Crippen LogP contribution is -2.20. The first-order valence-corrected chi connectivity index (χ1v) is 7.48. The fourth-order valence-corrected chi connectivity index (χ4v) is 3.56. The summed E-state index contributed by atoms with van der Waals surface area (Å²) in [5.41, 5.74) is 5.84. The molecule has 0 bridgehead atoms. The number of nitrogens with two attached hydrogens (primary N) is 1. The fraction of sp³-hybridized carbons (Fsp3) is 0.400. The maximum atomic E-state index is 11.9. The van der Waals surface area contributed by atoms with E-state index in [1.165, 1.54) is 18.2 Å². The van der Waals surface area contributed by atoms with Gasteiger partial charge in [0.05, 0.1) is 17.3 Å². The summed E-state index contributed by atoms with van der Waals surface area (Å²) < 4.78 is 63.7. The summed E-state index contributed by atoms with van der Waals surface area (Å²) in [6.45, 7) is -2.00. The van der Waals surface area contributed by atoms with Crippen molar-refractivity contribution in [2.45, 2.75) is 11.1 Å². The molecule has 0 atom stereocenters. The Balaban J connectivity index is 2.66. The van der Waals surface area contributed by atoms with Crippen molar-refractivity contribution in [3.05, 3.63) is 22.7 Å². The number of sulfone groups is 1. The minimum absolute atomic E-state index is 0.0303. The van der Waals surface area contributed by atoms with Gasteiger partial charge in [0.2, 0.25) is 0 Å². The van der Waals surface area contributed by atoms with E-state index in [1.807, 2.05) is 0 Å². The molecule has 0 spiro atoms. The number of hydrogen-bond donors (Lipinski definition) is 1. The van der Waals surface area contributed by atoms with Gasteiger partial charge in [0.25, 0.3) is 0 Å². The average Bonchev–Trinajstić information content (AvgIpc) is 2.22. The standard InChI is InChI=1S/C10H11BrF3NO3S/c11-8-5-7(15)1-2-9(8)19(16,17)4-3-18-6-10(12,13)14/h1-2,5H,3-4,6,15H2. The van der Waals surface area contributed by atoms with E-state index in [0.29, 0.717) is 5.69 Å². The van der Waals surface area contributed by atoms with E-state index in [9.17, 15) is 21.6 Å². The molecule has 2 N–H and O–H groups in total. The lowest BCUT2D eigenvalue weighted by molar-refractivity contribution is -0.172. The third-order valence-electron chi connectivity index (χ3n) is 2.05. The summed E-state index contributed by atoms with van der Waals surface area (Å²) in [6.07, 6.45) is -4.47. The molecule has 0 unspecified atom stereocenters. The molecule has 108 valence electrons. The van der Waals surface area contributed by atoms with Crippen LogP contribution in [0.25, 0.3) is 0 Å². The zero-order valence-electron chi connectivity index (χ0n) is 9.58. The van der Waals surface area contributed by atoms with Gasteiger partial charge in [-0.2, -0.15) is 13.2 Å². The van der Waals surface area contributed by atoms with Gasteiger partial charge in [-0.25, -0.2) is 8.42 Å². The lowest BCUT2D eigenvalue weighted by atomic mass is 10.3. The number of nitrogen functional groups attached to an aromatic ring is 1. The van der Waals surface area contributed by atoms with Crippen molar-refractivity contribution in [3.63, 3.8) is 0 Å². The molecule has 0 aliphatic rings. The van der Waals surface area contributed by atoms with Gasteiger partial charge in [-0.1, -0.05) is 0 Å². The molecular weight excluding hydrogens is 351 g/mol. The van der Waals surface area contributed by atoms with Crippen LogP contribution in [0.2, 0.25) is 0 Å². The molecule has 1 rings (SSSR count). The van der Waals surface area contributed by atoms with E-state index in [-0.39, 0.29) is 9.37 Å². The Labute approximate surface area is 116 Å². The molecule has 9 heteroatoms. The second-order valence-electron chi connectivity index (χ2n) is 3.68. The average molecular weight is 362 g/mol. The van der Waals surface area contributed by atoms with Crippen molar-refractivity contribution in [2.24, 2.45) is 0 Å². The summed E-state index contributed by atoms with van der Waals surface area (Å²) in [4.78, 5) is -0.0303. The Bertz CT molecular complexity index is 545. The Morgan fingerprint density at radius 2 is 1.95 bits per heavy atom. The van der Waals surface area contributed by atoms with Crippen LogP contribution in [0, 0.1) is 0 Å². The van der Waals surface area contributed by atoms with Crippen LogP contribution in [-0.4, -0.2) is 33.6 Å². The monoisotopic (exact) mass is 361 g/mol. The number of ether oxygens (including phenoxy) is 1. The maximum Gasteiger partial charge on any atom is 0.411 e. The molecule has 19 heavy (non-hydrogen) atoms. The lowest BCUT2D eigenvalue weighted by Gasteiger charge is -2.09. The predicted molar refractivity (Wildman–Crippen MR) is 67.5 cm³/mol. The molecule has 4 nitrogen and oxygen atoms in total. The third kappa shape index (κ3) is 5.37. The number of anilines is 1. The summed E-state index contributed by atoms with van der Waals surface area (Å²) in [6, 6.07) is 4.09. The highest BCUT2D eigenvalue weighted by atomic mass is 79.9. The first kappa shape index (κ1) is 16.3. The van der Waals surface area contributed by atoms with E-state index in [2.05, 4.69) is 20.7 Å². The predicted octanol–water partition coefficient (Wildman–Crippen LogP) is 2.38. The van der Waals surface area contributed by atoms with Crippen LogP contribution in [0.15, 0.2) is 27.6 Å². The van der Waals surface area contributed by atoms with Gasteiger partial charge >= 0.3 is 6.18 Å². The van der Waals surface area contributed by atoms with E-state index in [0.717, 1.165) is 0 Å². The van der Waals surface area contributed by atoms with Gasteiger partial charge in [-0.15, -0.1) is 0 Å². The van der Waals surface area contributed by atoms with Crippen molar-refractivity contribution in [3.8, 4) is 0 Å².